The summed E-state index contributed by atoms with van der Waals surface area (Å²) in [6.07, 6.45) is 0. The highest BCUT2D eigenvalue weighted by molar-refractivity contribution is 5.78. The number of ether oxygens (including phenoxy) is 2. The van der Waals surface area contributed by atoms with Crippen LogP contribution in [-0.4, -0.2) is 50.3 Å². The summed E-state index contributed by atoms with van der Waals surface area (Å²) in [6.45, 7) is 6.04. The molecule has 26 heavy (non-hydrogen) atoms. The van der Waals surface area contributed by atoms with Crippen molar-refractivity contribution >= 4 is 5.91 Å². The van der Waals surface area contributed by atoms with Crippen LogP contribution in [0.1, 0.15) is 17.2 Å². The van der Waals surface area contributed by atoms with Gasteiger partial charge in [0.15, 0.2) is 6.61 Å². The molecule has 0 unspecified atom stereocenters. The third kappa shape index (κ3) is 5.58. The lowest BCUT2D eigenvalue weighted by Gasteiger charge is -2.31. The predicted molar refractivity (Wildman–Crippen MR) is 101 cm³/mol. The number of hydrogen-bond acceptors (Lipinski definition) is 4. The van der Waals surface area contributed by atoms with Gasteiger partial charge >= 0.3 is 0 Å². The Hall–Kier alpha value is -2.37. The number of benzene rings is 2. The van der Waals surface area contributed by atoms with Crippen molar-refractivity contribution in [2.75, 3.05) is 39.5 Å². The van der Waals surface area contributed by atoms with Crippen molar-refractivity contribution in [1.82, 2.24) is 10.2 Å². The van der Waals surface area contributed by atoms with E-state index in [0.717, 1.165) is 44.0 Å². The average Bonchev–Trinajstić information content (AvgIpc) is 2.67. The normalized spacial score (nSPS) is 16.0. The van der Waals surface area contributed by atoms with Gasteiger partial charge in [0.25, 0.3) is 5.91 Å². The summed E-state index contributed by atoms with van der Waals surface area (Å²) >= 11 is 0. The Morgan fingerprint density at radius 2 is 1.92 bits per heavy atom. The molecule has 1 amide bonds. The van der Waals surface area contributed by atoms with Gasteiger partial charge in [-0.3, -0.25) is 9.69 Å². The fourth-order valence-corrected chi connectivity index (χ4v) is 3.05. The van der Waals surface area contributed by atoms with Crippen molar-refractivity contribution in [3.8, 4) is 5.75 Å². The number of hydrogen-bond donors (Lipinski definition) is 1. The van der Waals surface area contributed by atoms with Crippen molar-refractivity contribution in [2.24, 2.45) is 0 Å². The predicted octanol–water partition coefficient (Wildman–Crippen LogP) is 2.56. The molecule has 5 heteroatoms. The van der Waals surface area contributed by atoms with E-state index >= 15 is 0 Å². The molecule has 1 aliphatic heterocycles. The molecule has 1 fully saturated rings. The number of carbonyl (C=O) groups is 1. The molecular weight excluding hydrogens is 328 g/mol. The fourth-order valence-electron chi connectivity index (χ4n) is 3.05. The van der Waals surface area contributed by atoms with E-state index in [9.17, 15) is 4.79 Å². The molecule has 0 aliphatic carbocycles. The second-order valence-corrected chi connectivity index (χ2v) is 6.55. The van der Waals surface area contributed by atoms with Crippen LogP contribution in [0.4, 0.5) is 0 Å². The molecule has 5 nitrogen and oxygen atoms in total. The average molecular weight is 354 g/mol. The van der Waals surface area contributed by atoms with E-state index in [0.29, 0.717) is 5.75 Å². The fraction of sp³-hybridized carbons (Fsp3) is 0.381. The van der Waals surface area contributed by atoms with Gasteiger partial charge < -0.3 is 14.8 Å². The maximum Gasteiger partial charge on any atom is 0.258 e. The number of amides is 1. The van der Waals surface area contributed by atoms with E-state index in [-0.39, 0.29) is 18.6 Å². The lowest BCUT2D eigenvalue weighted by Crippen LogP contribution is -2.44. The van der Waals surface area contributed by atoms with Gasteiger partial charge in [0.2, 0.25) is 0 Å². The Bertz CT molecular complexity index is 699. The SMILES string of the molecule is Cc1cccc(OCC(=O)N[C@H](CN2CCOCC2)c2ccccc2)c1. The molecule has 138 valence electrons. The Morgan fingerprint density at radius 1 is 1.15 bits per heavy atom. The quantitative estimate of drug-likeness (QED) is 0.830. The van der Waals surface area contributed by atoms with Gasteiger partial charge in [0.05, 0.1) is 19.3 Å². The Kier molecular flexibility index (Phi) is 6.63. The van der Waals surface area contributed by atoms with Crippen molar-refractivity contribution in [3.63, 3.8) is 0 Å². The molecule has 0 saturated carbocycles. The minimum atomic E-state index is -0.117. The first-order valence-corrected chi connectivity index (χ1v) is 9.04. The highest BCUT2D eigenvalue weighted by Crippen LogP contribution is 2.16. The van der Waals surface area contributed by atoms with Gasteiger partial charge in [0.1, 0.15) is 5.75 Å². The standard InChI is InChI=1S/C21H26N2O3/c1-17-6-5-9-19(14-17)26-16-21(24)22-20(18-7-3-2-4-8-18)15-23-10-12-25-13-11-23/h2-9,14,20H,10-13,15-16H2,1H3,(H,22,24)/t20-/m1/s1. The summed E-state index contributed by atoms with van der Waals surface area (Å²) in [4.78, 5) is 14.8. The first kappa shape index (κ1) is 18.4. The van der Waals surface area contributed by atoms with Crippen LogP contribution >= 0.6 is 0 Å². The van der Waals surface area contributed by atoms with E-state index in [1.807, 2.05) is 61.5 Å². The van der Waals surface area contributed by atoms with Gasteiger partial charge in [-0.15, -0.1) is 0 Å². The number of rotatable bonds is 7. The summed E-state index contributed by atoms with van der Waals surface area (Å²) in [5.74, 6) is 0.596. The van der Waals surface area contributed by atoms with Crippen LogP contribution in [-0.2, 0) is 9.53 Å². The first-order valence-electron chi connectivity index (χ1n) is 9.04. The maximum absolute atomic E-state index is 12.4. The molecule has 2 aromatic carbocycles. The van der Waals surface area contributed by atoms with Crippen LogP contribution in [0.15, 0.2) is 54.6 Å². The van der Waals surface area contributed by atoms with Gasteiger partial charge in [-0.2, -0.15) is 0 Å². The minimum Gasteiger partial charge on any atom is -0.484 e. The molecular formula is C21H26N2O3. The maximum atomic E-state index is 12.4. The molecule has 0 radical (unpaired) electrons. The zero-order chi connectivity index (χ0) is 18.2. The first-order chi connectivity index (χ1) is 12.7. The second kappa shape index (κ2) is 9.36. The zero-order valence-electron chi connectivity index (χ0n) is 15.2. The molecule has 2 aromatic rings. The van der Waals surface area contributed by atoms with E-state index in [1.54, 1.807) is 0 Å². The lowest BCUT2D eigenvalue weighted by atomic mass is 10.1. The Morgan fingerprint density at radius 3 is 2.65 bits per heavy atom. The van der Waals surface area contributed by atoms with Crippen LogP contribution in [0.3, 0.4) is 0 Å². The molecule has 1 heterocycles. The van der Waals surface area contributed by atoms with Crippen LogP contribution in [0.5, 0.6) is 5.75 Å². The number of aryl methyl sites for hydroxylation is 1. The highest BCUT2D eigenvalue weighted by atomic mass is 16.5. The topological polar surface area (TPSA) is 50.8 Å². The van der Waals surface area contributed by atoms with Crippen LogP contribution < -0.4 is 10.1 Å². The number of morpholine rings is 1. The Labute approximate surface area is 154 Å². The molecule has 0 bridgehead atoms. The molecule has 1 atom stereocenters. The lowest BCUT2D eigenvalue weighted by molar-refractivity contribution is -0.124. The molecule has 1 N–H and O–H groups in total. The van der Waals surface area contributed by atoms with Crippen molar-refractivity contribution in [3.05, 3.63) is 65.7 Å². The van der Waals surface area contributed by atoms with Crippen LogP contribution in [0, 0.1) is 6.92 Å². The summed E-state index contributed by atoms with van der Waals surface area (Å²) in [7, 11) is 0. The van der Waals surface area contributed by atoms with Crippen LogP contribution in [0.25, 0.3) is 0 Å². The van der Waals surface area contributed by atoms with Gasteiger partial charge in [-0.05, 0) is 30.2 Å². The van der Waals surface area contributed by atoms with Crippen molar-refractivity contribution in [2.45, 2.75) is 13.0 Å². The second-order valence-electron chi connectivity index (χ2n) is 6.55. The summed E-state index contributed by atoms with van der Waals surface area (Å²) in [5.41, 5.74) is 2.21. The summed E-state index contributed by atoms with van der Waals surface area (Å²) in [6, 6.07) is 17.7. The molecule has 1 aliphatic rings. The van der Waals surface area contributed by atoms with Crippen molar-refractivity contribution in [1.29, 1.82) is 0 Å². The molecule has 3 rings (SSSR count). The smallest absolute Gasteiger partial charge is 0.258 e. The minimum absolute atomic E-state index is 0.00982. The third-order valence-electron chi connectivity index (χ3n) is 4.44. The third-order valence-corrected chi connectivity index (χ3v) is 4.44. The van der Waals surface area contributed by atoms with E-state index < -0.39 is 0 Å². The van der Waals surface area contributed by atoms with E-state index in [1.165, 1.54) is 0 Å². The van der Waals surface area contributed by atoms with Crippen LogP contribution in [0.2, 0.25) is 0 Å². The van der Waals surface area contributed by atoms with E-state index in [4.69, 9.17) is 9.47 Å². The molecule has 0 aromatic heterocycles. The number of carbonyl (C=O) groups excluding carboxylic acids is 1. The Balaban J connectivity index is 1.59. The monoisotopic (exact) mass is 354 g/mol. The zero-order valence-corrected chi connectivity index (χ0v) is 15.2. The van der Waals surface area contributed by atoms with Crippen molar-refractivity contribution < 1.29 is 14.3 Å². The molecule has 1 saturated heterocycles. The van der Waals surface area contributed by atoms with Gasteiger partial charge in [-0.1, -0.05) is 42.5 Å². The summed E-state index contributed by atoms with van der Waals surface area (Å²) in [5, 5.41) is 3.12. The largest absolute Gasteiger partial charge is 0.484 e. The number of nitrogens with one attached hydrogen (secondary N) is 1. The van der Waals surface area contributed by atoms with E-state index in [2.05, 4.69) is 10.2 Å². The summed E-state index contributed by atoms with van der Waals surface area (Å²) < 4.78 is 11.0. The van der Waals surface area contributed by atoms with Gasteiger partial charge in [0, 0.05) is 19.6 Å². The number of nitrogens with zero attached hydrogens (tertiary/aromatic N) is 1. The van der Waals surface area contributed by atoms with Gasteiger partial charge in [-0.25, -0.2) is 0 Å². The molecule has 0 spiro atoms. The highest BCUT2D eigenvalue weighted by Gasteiger charge is 2.20.